The molecule has 0 spiro atoms. The van der Waals surface area contributed by atoms with Crippen LogP contribution < -0.4 is 9.83 Å². The van der Waals surface area contributed by atoms with E-state index in [2.05, 4.69) is 4.72 Å². The Morgan fingerprint density at radius 2 is 1.85 bits per heavy atom. The number of non-ortho nitro benzene ring substituents is 1. The van der Waals surface area contributed by atoms with Crippen LogP contribution in [0.1, 0.15) is 18.0 Å². The number of carbonyl (C=O) groups is 1. The van der Waals surface area contributed by atoms with Crippen molar-refractivity contribution in [2.75, 3.05) is 0 Å². The zero-order valence-electron chi connectivity index (χ0n) is 12.9. The van der Waals surface area contributed by atoms with Crippen molar-refractivity contribution in [2.45, 2.75) is 17.4 Å². The van der Waals surface area contributed by atoms with Gasteiger partial charge in [-0.25, -0.2) is 17.5 Å². The smallest absolute Gasteiger partial charge is 0.269 e. The first-order valence-corrected chi connectivity index (χ1v) is 8.88. The average molecular weight is 402 g/mol. The van der Waals surface area contributed by atoms with Crippen LogP contribution in [0.2, 0.25) is 5.02 Å². The number of nitro benzene ring substituents is 1. The molecule has 0 unspecified atom stereocenters. The molecular weight excluding hydrogens is 391 g/mol. The van der Waals surface area contributed by atoms with E-state index in [9.17, 15) is 32.8 Å². The minimum absolute atomic E-state index is 0.0661. The molecule has 0 amide bonds. The molecule has 2 rings (SSSR count). The lowest BCUT2D eigenvalue weighted by atomic mass is 10.0. The van der Waals surface area contributed by atoms with Gasteiger partial charge in [-0.2, -0.15) is 0 Å². The first-order chi connectivity index (χ1) is 12.1. The summed E-state index contributed by atoms with van der Waals surface area (Å²) in [6.07, 6.45) is -0.818. The van der Waals surface area contributed by atoms with Crippen LogP contribution in [-0.2, 0) is 14.8 Å². The van der Waals surface area contributed by atoms with Crippen molar-refractivity contribution in [3.63, 3.8) is 0 Å². The molecule has 0 aliphatic rings. The highest BCUT2D eigenvalue weighted by atomic mass is 35.5. The van der Waals surface area contributed by atoms with Crippen molar-refractivity contribution in [1.29, 1.82) is 0 Å². The largest absolute Gasteiger partial charge is 0.550 e. The predicted molar refractivity (Wildman–Crippen MR) is 87.2 cm³/mol. The zero-order chi connectivity index (χ0) is 19.5. The van der Waals surface area contributed by atoms with Gasteiger partial charge in [-0.05, 0) is 35.9 Å². The number of halogens is 2. The fourth-order valence-electron chi connectivity index (χ4n) is 2.16. The monoisotopic (exact) mass is 401 g/mol. The van der Waals surface area contributed by atoms with Crippen molar-refractivity contribution < 1.29 is 27.6 Å². The minimum Gasteiger partial charge on any atom is -0.550 e. The number of benzene rings is 2. The second-order valence-corrected chi connectivity index (χ2v) is 7.29. The first-order valence-electron chi connectivity index (χ1n) is 7.02. The van der Waals surface area contributed by atoms with E-state index in [4.69, 9.17) is 11.6 Å². The van der Waals surface area contributed by atoms with Crippen LogP contribution >= 0.6 is 11.6 Å². The van der Waals surface area contributed by atoms with Gasteiger partial charge in [0.05, 0.1) is 15.9 Å². The Labute approximate surface area is 152 Å². The number of carboxylic acid groups (broad SMARTS) is 1. The van der Waals surface area contributed by atoms with E-state index in [0.29, 0.717) is 0 Å². The normalized spacial score (nSPS) is 12.5. The number of aliphatic carboxylic acids is 1. The van der Waals surface area contributed by atoms with Crippen LogP contribution in [0.5, 0.6) is 0 Å². The first kappa shape index (κ1) is 19.8. The Kier molecular flexibility index (Phi) is 5.90. The molecule has 0 aliphatic heterocycles. The summed E-state index contributed by atoms with van der Waals surface area (Å²) in [5.41, 5.74) is -0.496. The quantitative estimate of drug-likeness (QED) is 0.553. The summed E-state index contributed by atoms with van der Waals surface area (Å²) >= 11 is 5.95. The third-order valence-electron chi connectivity index (χ3n) is 3.36. The molecule has 0 bridgehead atoms. The molecule has 2 aromatic carbocycles. The van der Waals surface area contributed by atoms with E-state index in [1.54, 1.807) is 0 Å². The second-order valence-electron chi connectivity index (χ2n) is 5.17. The number of nitrogens with zero attached hydrogens (tertiary/aromatic N) is 1. The second kappa shape index (κ2) is 7.77. The molecule has 0 aromatic heterocycles. The summed E-state index contributed by atoms with van der Waals surface area (Å²) in [5.74, 6) is -2.25. The molecule has 26 heavy (non-hydrogen) atoms. The molecule has 0 heterocycles. The highest BCUT2D eigenvalue weighted by Crippen LogP contribution is 2.30. The van der Waals surface area contributed by atoms with Crippen LogP contribution in [0.4, 0.5) is 10.1 Å². The van der Waals surface area contributed by atoms with Crippen molar-refractivity contribution in [1.82, 2.24) is 4.72 Å². The number of hydrogen-bond donors (Lipinski definition) is 1. The van der Waals surface area contributed by atoms with E-state index in [0.717, 1.165) is 42.5 Å². The molecule has 11 heteroatoms. The molecule has 8 nitrogen and oxygen atoms in total. The fourth-order valence-corrected chi connectivity index (χ4v) is 3.63. The van der Waals surface area contributed by atoms with Crippen molar-refractivity contribution >= 4 is 33.3 Å². The summed E-state index contributed by atoms with van der Waals surface area (Å²) in [5, 5.41) is 21.8. The molecule has 1 N–H and O–H groups in total. The Morgan fingerprint density at radius 3 is 2.38 bits per heavy atom. The van der Waals surface area contributed by atoms with Gasteiger partial charge in [-0.3, -0.25) is 10.1 Å². The van der Waals surface area contributed by atoms with Crippen LogP contribution in [0.25, 0.3) is 0 Å². The summed E-state index contributed by atoms with van der Waals surface area (Å²) in [4.78, 5) is 20.9. The summed E-state index contributed by atoms with van der Waals surface area (Å²) in [6, 6.07) is 5.61. The van der Waals surface area contributed by atoms with Crippen LogP contribution in [0.3, 0.4) is 0 Å². The highest BCUT2D eigenvalue weighted by molar-refractivity contribution is 7.89. The van der Waals surface area contributed by atoms with Gasteiger partial charge in [0.15, 0.2) is 0 Å². The van der Waals surface area contributed by atoms with Gasteiger partial charge in [0.2, 0.25) is 10.0 Å². The summed E-state index contributed by atoms with van der Waals surface area (Å²) in [7, 11) is -4.26. The number of carboxylic acids is 1. The molecule has 138 valence electrons. The number of nitro groups is 1. The topological polar surface area (TPSA) is 129 Å². The van der Waals surface area contributed by atoms with Gasteiger partial charge >= 0.3 is 0 Å². The summed E-state index contributed by atoms with van der Waals surface area (Å²) in [6.45, 7) is 0. The lowest BCUT2D eigenvalue weighted by Crippen LogP contribution is -2.34. The molecule has 0 aliphatic carbocycles. The van der Waals surface area contributed by atoms with Crippen molar-refractivity contribution in [3.05, 3.63) is 69.0 Å². The lowest BCUT2D eigenvalue weighted by Gasteiger charge is -2.20. The third-order valence-corrected chi connectivity index (χ3v) is 5.19. The van der Waals surface area contributed by atoms with E-state index < -0.39 is 44.9 Å². The van der Waals surface area contributed by atoms with E-state index >= 15 is 0 Å². The maximum absolute atomic E-state index is 13.0. The fraction of sp³-hybridized carbons (Fsp3) is 0.133. The van der Waals surface area contributed by atoms with Gasteiger partial charge in [0.1, 0.15) is 5.82 Å². The summed E-state index contributed by atoms with van der Waals surface area (Å²) < 4.78 is 39.9. The van der Waals surface area contributed by atoms with Crippen molar-refractivity contribution in [3.8, 4) is 0 Å². The third kappa shape index (κ3) is 4.75. The molecule has 0 radical (unpaired) electrons. The highest BCUT2D eigenvalue weighted by Gasteiger charge is 2.25. The van der Waals surface area contributed by atoms with Gasteiger partial charge in [0, 0.05) is 29.5 Å². The van der Waals surface area contributed by atoms with E-state index in [1.165, 1.54) is 0 Å². The molecule has 1 atom stereocenters. The zero-order valence-corrected chi connectivity index (χ0v) is 14.5. The van der Waals surface area contributed by atoms with E-state index in [1.807, 2.05) is 0 Å². The Morgan fingerprint density at radius 1 is 1.23 bits per heavy atom. The number of hydrogen-bond acceptors (Lipinski definition) is 6. The number of carbonyl (C=O) groups excluding carboxylic acids is 1. The predicted octanol–water partition coefficient (Wildman–Crippen LogP) is 1.55. The van der Waals surface area contributed by atoms with Crippen LogP contribution in [-0.4, -0.2) is 19.3 Å². The van der Waals surface area contributed by atoms with E-state index in [-0.39, 0.29) is 15.5 Å². The Bertz CT molecular complexity index is 949. The Hall–Kier alpha value is -2.56. The Balaban J connectivity index is 2.45. The number of nitrogens with one attached hydrogen (secondary N) is 1. The SMILES string of the molecule is O=C([O-])C[C@H](NS(=O)(=O)c1ccc(F)cc1)c1cc([N+](=O)[O-])ccc1Cl. The molecule has 2 aromatic rings. The average Bonchev–Trinajstić information content (AvgIpc) is 2.54. The van der Waals surface area contributed by atoms with Crippen LogP contribution in [0.15, 0.2) is 47.4 Å². The molecule has 0 saturated carbocycles. The maximum Gasteiger partial charge on any atom is 0.269 e. The molecular formula is C15H11ClFN2O6S-. The lowest BCUT2D eigenvalue weighted by molar-refractivity contribution is -0.385. The van der Waals surface area contributed by atoms with Gasteiger partial charge in [-0.1, -0.05) is 11.6 Å². The van der Waals surface area contributed by atoms with Gasteiger partial charge in [0.25, 0.3) is 5.69 Å². The minimum atomic E-state index is -4.26. The van der Waals surface area contributed by atoms with Crippen molar-refractivity contribution in [2.24, 2.45) is 0 Å². The number of rotatable bonds is 7. The van der Waals surface area contributed by atoms with Gasteiger partial charge < -0.3 is 9.90 Å². The molecule has 0 saturated heterocycles. The molecule has 0 fully saturated rings. The maximum atomic E-state index is 13.0. The number of sulfonamides is 1. The van der Waals surface area contributed by atoms with Gasteiger partial charge in [-0.15, -0.1) is 0 Å². The standard InChI is InChI=1S/C15H12ClFN2O6S/c16-13-6-3-10(19(22)23)7-12(13)14(8-15(20)21)18-26(24,25)11-4-1-9(17)2-5-11/h1-7,14,18H,8H2,(H,20,21)/p-1/t14-/m0/s1. The van der Waals surface area contributed by atoms with Crippen LogP contribution in [0, 0.1) is 15.9 Å².